The molecule has 11 heavy (non-hydrogen) atoms. The van der Waals surface area contributed by atoms with Crippen LogP contribution >= 0.6 is 0 Å². The third-order valence-electron chi connectivity index (χ3n) is 2.99. The summed E-state index contributed by atoms with van der Waals surface area (Å²) >= 11 is 0. The van der Waals surface area contributed by atoms with Gasteiger partial charge in [-0.15, -0.1) is 0 Å². The van der Waals surface area contributed by atoms with E-state index in [1.54, 1.807) is 0 Å². The quantitative estimate of drug-likeness (QED) is 0.649. The molecular formula is C9H17NO. The van der Waals surface area contributed by atoms with Gasteiger partial charge in [0.25, 0.3) is 0 Å². The molecule has 1 fully saturated rings. The molecule has 1 N–H and O–H groups in total. The highest BCUT2D eigenvalue weighted by Gasteiger charge is 2.40. The first kappa shape index (κ1) is 8.72. The van der Waals surface area contributed by atoms with Crippen LogP contribution in [0, 0.1) is 11.3 Å². The molecule has 0 spiro atoms. The third kappa shape index (κ3) is 1.32. The zero-order valence-corrected chi connectivity index (χ0v) is 7.61. The van der Waals surface area contributed by atoms with E-state index in [0.717, 1.165) is 13.1 Å². The summed E-state index contributed by atoms with van der Waals surface area (Å²) in [7, 11) is 0. The molecule has 0 saturated carbocycles. The molecule has 1 saturated heterocycles. The fourth-order valence-corrected chi connectivity index (χ4v) is 1.73. The highest BCUT2D eigenvalue weighted by atomic mass is 16.1. The normalized spacial score (nSPS) is 37.5. The van der Waals surface area contributed by atoms with Crippen molar-refractivity contribution in [2.24, 2.45) is 11.3 Å². The molecule has 2 atom stereocenters. The first-order valence-corrected chi connectivity index (χ1v) is 4.35. The summed E-state index contributed by atoms with van der Waals surface area (Å²) in [5, 5.41) is 3.26. The zero-order valence-electron chi connectivity index (χ0n) is 7.61. The molecule has 0 aromatic carbocycles. The number of ketones is 1. The van der Waals surface area contributed by atoms with Gasteiger partial charge in [-0.1, -0.05) is 20.8 Å². The van der Waals surface area contributed by atoms with Crippen molar-refractivity contribution in [2.75, 3.05) is 13.1 Å². The van der Waals surface area contributed by atoms with Gasteiger partial charge in [0.2, 0.25) is 0 Å². The summed E-state index contributed by atoms with van der Waals surface area (Å²) in [6.07, 6.45) is 0.669. The molecule has 1 heterocycles. The fourth-order valence-electron chi connectivity index (χ4n) is 1.73. The standard InChI is InChI=1S/C9H17NO/c1-4-8(11)9(3)6-10-5-7(9)2/h7,10H,4-6H2,1-3H3/t7-,9-/m1/s1. The Balaban J connectivity index is 2.72. The van der Waals surface area contributed by atoms with Crippen molar-refractivity contribution in [2.45, 2.75) is 27.2 Å². The molecule has 64 valence electrons. The number of rotatable bonds is 2. The van der Waals surface area contributed by atoms with Crippen molar-refractivity contribution < 1.29 is 4.79 Å². The van der Waals surface area contributed by atoms with Gasteiger partial charge in [-0.25, -0.2) is 0 Å². The molecule has 2 heteroatoms. The minimum atomic E-state index is -0.0885. The van der Waals surface area contributed by atoms with E-state index in [4.69, 9.17) is 0 Å². The van der Waals surface area contributed by atoms with Crippen molar-refractivity contribution in [3.05, 3.63) is 0 Å². The van der Waals surface area contributed by atoms with Crippen LogP contribution in [0.3, 0.4) is 0 Å². The number of carbonyl (C=O) groups excluding carboxylic acids is 1. The second kappa shape index (κ2) is 2.94. The number of nitrogens with one attached hydrogen (secondary N) is 1. The minimum absolute atomic E-state index is 0.0885. The van der Waals surface area contributed by atoms with E-state index in [-0.39, 0.29) is 5.41 Å². The second-order valence-electron chi connectivity index (χ2n) is 3.73. The van der Waals surface area contributed by atoms with Gasteiger partial charge in [-0.2, -0.15) is 0 Å². The SMILES string of the molecule is CCC(=O)[C@]1(C)CNC[C@H]1C. The molecule has 1 aliphatic rings. The first-order chi connectivity index (χ1) is 5.11. The second-order valence-corrected chi connectivity index (χ2v) is 3.73. The van der Waals surface area contributed by atoms with E-state index in [1.165, 1.54) is 0 Å². The molecule has 0 aromatic heterocycles. The Morgan fingerprint density at radius 2 is 2.36 bits per heavy atom. The smallest absolute Gasteiger partial charge is 0.140 e. The van der Waals surface area contributed by atoms with Crippen LogP contribution in [0.1, 0.15) is 27.2 Å². The van der Waals surface area contributed by atoms with Crippen LogP contribution in [0.5, 0.6) is 0 Å². The minimum Gasteiger partial charge on any atom is -0.315 e. The lowest BCUT2D eigenvalue weighted by atomic mass is 9.76. The fraction of sp³-hybridized carbons (Fsp3) is 0.889. The Morgan fingerprint density at radius 1 is 1.73 bits per heavy atom. The lowest BCUT2D eigenvalue weighted by Crippen LogP contribution is -2.34. The molecule has 0 bridgehead atoms. The highest BCUT2D eigenvalue weighted by molar-refractivity contribution is 5.85. The Morgan fingerprint density at radius 3 is 2.73 bits per heavy atom. The molecule has 1 aliphatic heterocycles. The molecule has 0 radical (unpaired) electrons. The number of Topliss-reactive ketones (excluding diaryl/α,β-unsaturated/α-hetero) is 1. The van der Waals surface area contributed by atoms with E-state index in [0.29, 0.717) is 18.1 Å². The van der Waals surface area contributed by atoms with E-state index in [1.807, 2.05) is 6.92 Å². The summed E-state index contributed by atoms with van der Waals surface area (Å²) in [5.41, 5.74) is -0.0885. The summed E-state index contributed by atoms with van der Waals surface area (Å²) in [6.45, 7) is 8.01. The van der Waals surface area contributed by atoms with Crippen LogP contribution in [-0.2, 0) is 4.79 Å². The topological polar surface area (TPSA) is 29.1 Å². The predicted molar refractivity (Wildman–Crippen MR) is 45.4 cm³/mol. The number of hydrogen-bond acceptors (Lipinski definition) is 2. The van der Waals surface area contributed by atoms with E-state index in [9.17, 15) is 4.79 Å². The Kier molecular flexibility index (Phi) is 2.33. The maximum atomic E-state index is 11.5. The van der Waals surface area contributed by atoms with E-state index >= 15 is 0 Å². The van der Waals surface area contributed by atoms with Crippen LogP contribution in [-0.4, -0.2) is 18.9 Å². The molecule has 0 aromatic rings. The Hall–Kier alpha value is -0.370. The number of hydrogen-bond donors (Lipinski definition) is 1. The van der Waals surface area contributed by atoms with Gasteiger partial charge in [0.15, 0.2) is 0 Å². The number of carbonyl (C=O) groups is 1. The van der Waals surface area contributed by atoms with Gasteiger partial charge in [0.1, 0.15) is 5.78 Å². The Labute approximate surface area is 68.4 Å². The van der Waals surface area contributed by atoms with Crippen molar-refractivity contribution in [3.8, 4) is 0 Å². The molecule has 0 amide bonds. The van der Waals surface area contributed by atoms with Crippen LogP contribution in [0.4, 0.5) is 0 Å². The maximum absolute atomic E-state index is 11.5. The maximum Gasteiger partial charge on any atom is 0.140 e. The molecule has 1 rings (SSSR count). The molecule has 2 nitrogen and oxygen atoms in total. The van der Waals surface area contributed by atoms with Crippen LogP contribution in [0.15, 0.2) is 0 Å². The van der Waals surface area contributed by atoms with E-state index < -0.39 is 0 Å². The average molecular weight is 155 g/mol. The van der Waals surface area contributed by atoms with E-state index in [2.05, 4.69) is 19.2 Å². The third-order valence-corrected chi connectivity index (χ3v) is 2.99. The van der Waals surface area contributed by atoms with Gasteiger partial charge in [0.05, 0.1) is 0 Å². The largest absolute Gasteiger partial charge is 0.315 e. The van der Waals surface area contributed by atoms with Crippen molar-refractivity contribution >= 4 is 5.78 Å². The van der Waals surface area contributed by atoms with Crippen molar-refractivity contribution in [1.29, 1.82) is 0 Å². The van der Waals surface area contributed by atoms with Crippen LogP contribution in [0.2, 0.25) is 0 Å². The molecule has 0 unspecified atom stereocenters. The zero-order chi connectivity index (χ0) is 8.48. The lowest BCUT2D eigenvalue weighted by Gasteiger charge is -2.25. The van der Waals surface area contributed by atoms with Gasteiger partial charge in [-0.05, 0) is 12.5 Å². The van der Waals surface area contributed by atoms with Gasteiger partial charge >= 0.3 is 0 Å². The molecule has 0 aliphatic carbocycles. The molecular weight excluding hydrogens is 138 g/mol. The van der Waals surface area contributed by atoms with Gasteiger partial charge in [0, 0.05) is 18.4 Å². The van der Waals surface area contributed by atoms with Gasteiger partial charge < -0.3 is 5.32 Å². The predicted octanol–water partition coefficient (Wildman–Crippen LogP) is 1.21. The summed E-state index contributed by atoms with van der Waals surface area (Å²) < 4.78 is 0. The highest BCUT2D eigenvalue weighted by Crippen LogP contribution is 2.32. The average Bonchev–Trinajstić information content (AvgIpc) is 2.32. The summed E-state index contributed by atoms with van der Waals surface area (Å²) in [5.74, 6) is 0.893. The lowest BCUT2D eigenvalue weighted by molar-refractivity contribution is -0.128. The van der Waals surface area contributed by atoms with Crippen LogP contribution < -0.4 is 5.32 Å². The summed E-state index contributed by atoms with van der Waals surface area (Å²) in [4.78, 5) is 11.5. The summed E-state index contributed by atoms with van der Waals surface area (Å²) in [6, 6.07) is 0. The Bertz CT molecular complexity index is 167. The monoisotopic (exact) mass is 155 g/mol. The van der Waals surface area contributed by atoms with Crippen molar-refractivity contribution in [3.63, 3.8) is 0 Å². The van der Waals surface area contributed by atoms with Crippen molar-refractivity contribution in [1.82, 2.24) is 5.32 Å². The van der Waals surface area contributed by atoms with Gasteiger partial charge in [-0.3, -0.25) is 4.79 Å². The first-order valence-electron chi connectivity index (χ1n) is 4.35. The van der Waals surface area contributed by atoms with Crippen LogP contribution in [0.25, 0.3) is 0 Å².